The van der Waals surface area contributed by atoms with E-state index in [1.54, 1.807) is 0 Å². The summed E-state index contributed by atoms with van der Waals surface area (Å²) in [5.74, 6) is 0. The van der Waals surface area contributed by atoms with Gasteiger partial charge in [0.05, 0.1) is 0 Å². The smallest absolute Gasteiger partial charge is 0.753 e. The first kappa shape index (κ1) is 19.9. The van der Waals surface area contributed by atoms with E-state index < -0.39 is 0 Å². The Morgan fingerprint density at radius 1 is 1.07 bits per heavy atom. The molecular weight excluding hydrogens is 278 g/mol. The van der Waals surface area contributed by atoms with E-state index in [1.807, 2.05) is 6.07 Å². The second kappa shape index (κ2) is 19.1. The van der Waals surface area contributed by atoms with E-state index in [2.05, 4.69) is 55.6 Å². The third-order valence-corrected chi connectivity index (χ3v) is 1.25. The maximum atomic E-state index is 7.13. The van der Waals surface area contributed by atoms with E-state index in [9.17, 15) is 0 Å². The summed E-state index contributed by atoms with van der Waals surface area (Å²) in [5, 5.41) is 16.9. The van der Waals surface area contributed by atoms with Crippen LogP contribution in [0.1, 0.15) is 12.5 Å². The Labute approximate surface area is 114 Å². The second-order valence-electron chi connectivity index (χ2n) is 2.02. The molecule has 2 nitrogen and oxygen atoms in total. The van der Waals surface area contributed by atoms with Crippen LogP contribution in [-0.4, -0.2) is 10.3 Å². The molecule has 5 heteroatoms. The van der Waals surface area contributed by atoms with Crippen LogP contribution in [0.5, 0.6) is 0 Å². The quantitative estimate of drug-likeness (QED) is 0.450. The van der Waals surface area contributed by atoms with E-state index in [1.165, 1.54) is 15.9 Å². The van der Waals surface area contributed by atoms with Crippen LogP contribution >= 0.6 is 24.4 Å². The summed E-state index contributed by atoms with van der Waals surface area (Å²) in [6, 6.07) is 10.5. The summed E-state index contributed by atoms with van der Waals surface area (Å²) >= 11 is 7.40. The first-order valence-electron chi connectivity index (χ1n) is 3.83. The molecule has 0 N–H and O–H groups in total. The topological polar surface area (TPSA) is 44.6 Å². The van der Waals surface area contributed by atoms with Crippen LogP contribution in [0.15, 0.2) is 30.3 Å². The molecule has 0 bridgehead atoms. The predicted molar refractivity (Wildman–Crippen MR) is 67.7 cm³/mol. The van der Waals surface area contributed by atoms with Gasteiger partial charge in [-0.1, -0.05) is 61.7 Å². The Kier molecular flexibility index (Phi) is 25.4. The fraction of sp³-hybridized carbons (Fsp3) is 0.200. The SMILES string of the molecule is CCc1ccccc1.[N-]=C=S.[N-]=C=S.[Zn+2]. The van der Waals surface area contributed by atoms with Crippen molar-refractivity contribution in [2.75, 3.05) is 0 Å². The van der Waals surface area contributed by atoms with Crippen molar-refractivity contribution in [3.05, 3.63) is 46.7 Å². The Hall–Kier alpha value is -0.557. The van der Waals surface area contributed by atoms with Crippen molar-refractivity contribution in [3.8, 4) is 0 Å². The largest absolute Gasteiger partial charge is 2.00 e. The summed E-state index contributed by atoms with van der Waals surface area (Å²) in [7, 11) is 0. The second-order valence-corrected chi connectivity index (χ2v) is 2.39. The standard InChI is InChI=1S/C8H10.2CNS.Zn/c1-2-8-6-4-3-5-7-8;2*2-1-3;/h3-7H,2H2,1H3;;;/q;2*-1;+2. The molecule has 0 amide bonds. The van der Waals surface area contributed by atoms with Gasteiger partial charge >= 0.3 is 19.5 Å². The summed E-state index contributed by atoms with van der Waals surface area (Å²) in [6.07, 6.45) is 1.14. The first-order chi connectivity index (χ1) is 6.76. The van der Waals surface area contributed by atoms with Gasteiger partial charge in [0.15, 0.2) is 0 Å². The maximum absolute atomic E-state index is 7.13. The van der Waals surface area contributed by atoms with E-state index in [0.29, 0.717) is 0 Å². The number of hydrogen-bond donors (Lipinski definition) is 0. The summed E-state index contributed by atoms with van der Waals surface area (Å²) < 4.78 is 0. The molecule has 1 aromatic rings. The molecule has 0 aliphatic heterocycles. The van der Waals surface area contributed by atoms with Crippen molar-refractivity contribution >= 4 is 34.8 Å². The van der Waals surface area contributed by atoms with Crippen molar-refractivity contribution in [2.45, 2.75) is 13.3 Å². The fourth-order valence-electron chi connectivity index (χ4n) is 0.714. The van der Waals surface area contributed by atoms with Crippen molar-refractivity contribution in [1.29, 1.82) is 0 Å². The molecule has 1 aromatic carbocycles. The van der Waals surface area contributed by atoms with Gasteiger partial charge in [-0.3, -0.25) is 0 Å². The average molecular weight is 288 g/mol. The van der Waals surface area contributed by atoms with Gasteiger partial charge < -0.3 is 10.8 Å². The summed E-state index contributed by atoms with van der Waals surface area (Å²) in [6.45, 7) is 2.16. The predicted octanol–water partition coefficient (Wildman–Crippen LogP) is 3.56. The zero-order chi connectivity index (χ0) is 11.2. The minimum atomic E-state index is 0. The number of nitrogens with zero attached hydrogens (tertiary/aromatic N) is 2. The van der Waals surface area contributed by atoms with Crippen LogP contribution in [0.25, 0.3) is 10.8 Å². The van der Waals surface area contributed by atoms with Crippen molar-refractivity contribution in [2.24, 2.45) is 0 Å². The number of benzene rings is 1. The number of aryl methyl sites for hydroxylation is 1. The van der Waals surface area contributed by atoms with Crippen LogP contribution < -0.4 is 0 Å². The molecule has 15 heavy (non-hydrogen) atoms. The van der Waals surface area contributed by atoms with Crippen LogP contribution in [0.3, 0.4) is 0 Å². The Bertz CT molecular complexity index is 278. The summed E-state index contributed by atoms with van der Waals surface area (Å²) in [4.78, 5) is 0. The molecule has 0 aliphatic carbocycles. The van der Waals surface area contributed by atoms with Gasteiger partial charge in [-0.2, -0.15) is 10.3 Å². The first-order valence-corrected chi connectivity index (χ1v) is 4.64. The van der Waals surface area contributed by atoms with Crippen molar-refractivity contribution < 1.29 is 19.5 Å². The minimum Gasteiger partial charge on any atom is -0.753 e. The van der Waals surface area contributed by atoms with Gasteiger partial charge in [0.25, 0.3) is 0 Å². The number of hydrogen-bond acceptors (Lipinski definition) is 2. The molecule has 0 unspecified atom stereocenters. The van der Waals surface area contributed by atoms with Crippen LogP contribution in [0, 0.1) is 0 Å². The van der Waals surface area contributed by atoms with E-state index in [-0.39, 0.29) is 19.5 Å². The van der Waals surface area contributed by atoms with Gasteiger partial charge in [0.1, 0.15) is 0 Å². The third kappa shape index (κ3) is 19.7. The Morgan fingerprint density at radius 3 is 1.60 bits per heavy atom. The van der Waals surface area contributed by atoms with Gasteiger partial charge in [0.2, 0.25) is 0 Å². The van der Waals surface area contributed by atoms with E-state index in [0.717, 1.165) is 6.42 Å². The van der Waals surface area contributed by atoms with E-state index >= 15 is 0 Å². The molecule has 74 valence electrons. The average Bonchev–Trinajstić information content (AvgIpc) is 2.21. The molecule has 0 heterocycles. The molecule has 0 fully saturated rings. The normalized spacial score (nSPS) is 5.93. The Morgan fingerprint density at radius 2 is 1.40 bits per heavy atom. The van der Waals surface area contributed by atoms with Crippen LogP contribution in [-0.2, 0) is 25.9 Å². The Balaban J connectivity index is -0.000000177. The maximum Gasteiger partial charge on any atom is 2.00 e. The number of isothiocyanates is 2. The van der Waals surface area contributed by atoms with E-state index in [4.69, 9.17) is 10.8 Å². The van der Waals surface area contributed by atoms with Gasteiger partial charge in [0, 0.05) is 0 Å². The molecule has 0 spiro atoms. The van der Waals surface area contributed by atoms with Crippen molar-refractivity contribution in [1.82, 2.24) is 0 Å². The summed E-state index contributed by atoms with van der Waals surface area (Å²) in [5.41, 5.74) is 1.41. The number of rotatable bonds is 1. The molecule has 1 rings (SSSR count). The van der Waals surface area contributed by atoms with Crippen LogP contribution in [0.2, 0.25) is 0 Å². The minimum absolute atomic E-state index is 0. The third-order valence-electron chi connectivity index (χ3n) is 1.25. The molecule has 0 aromatic heterocycles. The molecule has 0 atom stereocenters. The van der Waals surface area contributed by atoms with Gasteiger partial charge in [-0.15, -0.1) is 0 Å². The van der Waals surface area contributed by atoms with Gasteiger partial charge in [-0.25, -0.2) is 0 Å². The molecule has 0 aliphatic rings. The zero-order valence-electron chi connectivity index (χ0n) is 8.51. The zero-order valence-corrected chi connectivity index (χ0v) is 13.1. The molecule has 0 saturated carbocycles. The van der Waals surface area contributed by atoms with Crippen LogP contribution in [0.4, 0.5) is 0 Å². The molecule has 0 radical (unpaired) electrons. The molecular formula is C10H10N2S2Zn. The van der Waals surface area contributed by atoms with Crippen molar-refractivity contribution in [3.63, 3.8) is 0 Å². The monoisotopic (exact) mass is 286 g/mol. The number of thiocarbonyl (C=S) groups is 2. The fourth-order valence-corrected chi connectivity index (χ4v) is 0.714. The van der Waals surface area contributed by atoms with Gasteiger partial charge in [-0.05, 0) is 12.0 Å². The molecule has 0 saturated heterocycles.